The summed E-state index contributed by atoms with van der Waals surface area (Å²) in [5, 5.41) is 6.68. The summed E-state index contributed by atoms with van der Waals surface area (Å²) < 4.78 is 18.1. The minimum atomic E-state index is -0.289. The number of nitrogens with zero attached hydrogens (tertiary/aromatic N) is 3. The summed E-state index contributed by atoms with van der Waals surface area (Å²) in [5.41, 5.74) is 0.849. The predicted molar refractivity (Wildman–Crippen MR) is 81.0 cm³/mol. The lowest BCUT2D eigenvalue weighted by Gasteiger charge is -2.33. The minimum Gasteiger partial charge on any atom is -0.337 e. The maximum Gasteiger partial charge on any atom is 0.318 e. The molecule has 2 amide bonds. The summed E-state index contributed by atoms with van der Waals surface area (Å²) in [7, 11) is 0. The average molecular weight is 318 g/mol. The van der Waals surface area contributed by atoms with E-state index >= 15 is 0 Å². The molecule has 0 spiro atoms. The molecule has 1 saturated heterocycles. The first-order chi connectivity index (χ1) is 11.1. The monoisotopic (exact) mass is 318 g/mol. The normalized spacial score (nSPS) is 18.0. The molecule has 1 fully saturated rings. The number of halogens is 1. The Morgan fingerprint density at radius 1 is 1.39 bits per heavy atom. The van der Waals surface area contributed by atoms with E-state index < -0.39 is 0 Å². The van der Waals surface area contributed by atoms with Gasteiger partial charge >= 0.3 is 6.03 Å². The Kier molecular flexibility index (Phi) is 4.55. The zero-order valence-corrected chi connectivity index (χ0v) is 13.0. The first-order valence-electron chi connectivity index (χ1n) is 7.72. The number of piperidine rings is 1. The van der Waals surface area contributed by atoms with Crippen molar-refractivity contribution >= 4 is 6.03 Å². The van der Waals surface area contributed by atoms with Crippen molar-refractivity contribution in [1.29, 1.82) is 0 Å². The topological polar surface area (TPSA) is 71.3 Å². The van der Waals surface area contributed by atoms with Gasteiger partial charge in [0.2, 0.25) is 5.89 Å². The first-order valence-corrected chi connectivity index (χ1v) is 7.72. The number of carbonyl (C=O) groups excluding carboxylic acids is 1. The Morgan fingerprint density at radius 2 is 2.17 bits per heavy atom. The number of hydrogen-bond acceptors (Lipinski definition) is 4. The lowest BCUT2D eigenvalue weighted by atomic mass is 10.0. The molecule has 1 aliphatic heterocycles. The molecule has 0 aliphatic carbocycles. The van der Waals surface area contributed by atoms with Crippen LogP contribution in [0.3, 0.4) is 0 Å². The van der Waals surface area contributed by atoms with Gasteiger partial charge in [0.15, 0.2) is 5.82 Å². The molecule has 3 rings (SSSR count). The lowest BCUT2D eigenvalue weighted by Crippen LogP contribution is -2.44. The molecule has 1 atom stereocenters. The highest BCUT2D eigenvalue weighted by molar-refractivity contribution is 5.74. The molecule has 122 valence electrons. The molecule has 1 aromatic carbocycles. The van der Waals surface area contributed by atoms with Crippen LogP contribution in [0, 0.1) is 12.7 Å². The minimum absolute atomic E-state index is 0.171. The van der Waals surface area contributed by atoms with Gasteiger partial charge in [0.25, 0.3) is 0 Å². The zero-order valence-electron chi connectivity index (χ0n) is 13.0. The summed E-state index contributed by atoms with van der Waals surface area (Å²) in [6.45, 7) is 2.77. The van der Waals surface area contributed by atoms with E-state index in [9.17, 15) is 9.18 Å². The smallest absolute Gasteiger partial charge is 0.318 e. The van der Waals surface area contributed by atoms with Gasteiger partial charge in [-0.05, 0) is 43.9 Å². The van der Waals surface area contributed by atoms with E-state index in [0.29, 0.717) is 24.8 Å². The highest BCUT2D eigenvalue weighted by atomic mass is 19.1. The Bertz CT molecular complexity index is 671. The van der Waals surface area contributed by atoms with E-state index in [4.69, 9.17) is 4.52 Å². The molecule has 2 heterocycles. The summed E-state index contributed by atoms with van der Waals surface area (Å²) in [4.78, 5) is 18.5. The van der Waals surface area contributed by atoms with Gasteiger partial charge in [-0.2, -0.15) is 4.98 Å². The SMILES string of the molecule is Cc1noc(C2CCCCN2C(=O)NCc2ccc(F)cc2)n1. The number of aryl methyl sites for hydroxylation is 1. The number of rotatable bonds is 3. The third kappa shape index (κ3) is 3.67. The molecule has 23 heavy (non-hydrogen) atoms. The summed E-state index contributed by atoms with van der Waals surface area (Å²) in [6, 6.07) is 5.72. The molecule has 1 N–H and O–H groups in total. The molecule has 0 bridgehead atoms. The van der Waals surface area contributed by atoms with Gasteiger partial charge in [-0.15, -0.1) is 0 Å². The van der Waals surface area contributed by atoms with E-state index in [1.54, 1.807) is 24.0 Å². The second kappa shape index (κ2) is 6.76. The van der Waals surface area contributed by atoms with Crippen LogP contribution in [0.5, 0.6) is 0 Å². The van der Waals surface area contributed by atoms with Crippen molar-refractivity contribution in [3.8, 4) is 0 Å². The quantitative estimate of drug-likeness (QED) is 0.944. The third-order valence-corrected chi connectivity index (χ3v) is 3.95. The average Bonchev–Trinajstić information content (AvgIpc) is 3.00. The molecule has 2 aromatic rings. The predicted octanol–water partition coefficient (Wildman–Crippen LogP) is 2.95. The number of amides is 2. The molecular weight excluding hydrogens is 299 g/mol. The van der Waals surface area contributed by atoms with Gasteiger partial charge in [-0.3, -0.25) is 0 Å². The fraction of sp³-hybridized carbons (Fsp3) is 0.438. The van der Waals surface area contributed by atoms with Gasteiger partial charge in [0, 0.05) is 13.1 Å². The van der Waals surface area contributed by atoms with Crippen molar-refractivity contribution < 1.29 is 13.7 Å². The van der Waals surface area contributed by atoms with E-state index in [0.717, 1.165) is 24.8 Å². The highest BCUT2D eigenvalue weighted by Gasteiger charge is 2.31. The number of aromatic nitrogens is 2. The van der Waals surface area contributed by atoms with Crippen LogP contribution in [0.15, 0.2) is 28.8 Å². The van der Waals surface area contributed by atoms with E-state index in [1.807, 2.05) is 0 Å². The van der Waals surface area contributed by atoms with Crippen LogP contribution in [-0.2, 0) is 6.54 Å². The molecule has 6 nitrogen and oxygen atoms in total. The van der Waals surface area contributed by atoms with Crippen LogP contribution in [-0.4, -0.2) is 27.6 Å². The van der Waals surface area contributed by atoms with Crippen LogP contribution >= 0.6 is 0 Å². The zero-order chi connectivity index (χ0) is 16.2. The summed E-state index contributed by atoms with van der Waals surface area (Å²) >= 11 is 0. The van der Waals surface area contributed by atoms with Crippen LogP contribution in [0.1, 0.15) is 42.6 Å². The second-order valence-electron chi connectivity index (χ2n) is 5.67. The number of benzene rings is 1. The van der Waals surface area contributed by atoms with Crippen LogP contribution in [0.4, 0.5) is 9.18 Å². The molecule has 1 aliphatic rings. The van der Waals surface area contributed by atoms with Crippen molar-refractivity contribution in [2.24, 2.45) is 0 Å². The first kappa shape index (κ1) is 15.5. The Morgan fingerprint density at radius 3 is 2.87 bits per heavy atom. The molecule has 0 saturated carbocycles. The van der Waals surface area contributed by atoms with Crippen molar-refractivity contribution in [2.75, 3.05) is 6.54 Å². The van der Waals surface area contributed by atoms with Crippen LogP contribution in [0.2, 0.25) is 0 Å². The number of hydrogen-bond donors (Lipinski definition) is 1. The Hall–Kier alpha value is -2.44. The van der Waals surface area contributed by atoms with Crippen molar-refractivity contribution in [2.45, 2.75) is 38.8 Å². The second-order valence-corrected chi connectivity index (χ2v) is 5.67. The summed E-state index contributed by atoms with van der Waals surface area (Å²) in [5.74, 6) is 0.763. The Balaban J connectivity index is 1.65. The largest absolute Gasteiger partial charge is 0.337 e. The molecular formula is C16H19FN4O2. The van der Waals surface area contributed by atoms with Crippen molar-refractivity contribution in [3.05, 3.63) is 47.4 Å². The molecule has 1 aromatic heterocycles. The number of likely N-dealkylation sites (tertiary alicyclic amines) is 1. The maximum absolute atomic E-state index is 12.9. The molecule has 7 heteroatoms. The van der Waals surface area contributed by atoms with Gasteiger partial charge in [-0.25, -0.2) is 9.18 Å². The third-order valence-electron chi connectivity index (χ3n) is 3.95. The molecule has 0 radical (unpaired) electrons. The van der Waals surface area contributed by atoms with E-state index in [2.05, 4.69) is 15.5 Å². The van der Waals surface area contributed by atoms with Gasteiger partial charge < -0.3 is 14.7 Å². The fourth-order valence-electron chi connectivity index (χ4n) is 2.76. The maximum atomic E-state index is 12.9. The van der Waals surface area contributed by atoms with Crippen molar-refractivity contribution in [1.82, 2.24) is 20.4 Å². The van der Waals surface area contributed by atoms with E-state index in [1.165, 1.54) is 12.1 Å². The fourth-order valence-corrected chi connectivity index (χ4v) is 2.76. The standard InChI is InChI=1S/C16H19FN4O2/c1-11-19-15(23-20-11)14-4-2-3-9-21(14)16(22)18-10-12-5-7-13(17)8-6-12/h5-8,14H,2-4,9-10H2,1H3,(H,18,22). The van der Waals surface area contributed by atoms with Gasteiger partial charge in [0.1, 0.15) is 11.9 Å². The van der Waals surface area contributed by atoms with Crippen LogP contribution < -0.4 is 5.32 Å². The van der Waals surface area contributed by atoms with Gasteiger partial charge in [-0.1, -0.05) is 17.3 Å². The van der Waals surface area contributed by atoms with Crippen LogP contribution in [0.25, 0.3) is 0 Å². The Labute approximate surface area is 133 Å². The van der Waals surface area contributed by atoms with Gasteiger partial charge in [0.05, 0.1) is 0 Å². The molecule has 1 unspecified atom stereocenters. The lowest BCUT2D eigenvalue weighted by molar-refractivity contribution is 0.131. The highest BCUT2D eigenvalue weighted by Crippen LogP contribution is 2.29. The van der Waals surface area contributed by atoms with E-state index in [-0.39, 0.29) is 17.9 Å². The van der Waals surface area contributed by atoms with Crippen molar-refractivity contribution in [3.63, 3.8) is 0 Å². The number of urea groups is 1. The number of carbonyl (C=O) groups is 1. The number of nitrogens with one attached hydrogen (secondary N) is 1. The summed E-state index contributed by atoms with van der Waals surface area (Å²) in [6.07, 6.45) is 2.78.